The van der Waals surface area contributed by atoms with Crippen LogP contribution in [0.5, 0.6) is 0 Å². The quantitative estimate of drug-likeness (QED) is 0.292. The van der Waals surface area contributed by atoms with Gasteiger partial charge in [0.25, 0.3) is 5.91 Å². The number of hydrogen-bond acceptors (Lipinski definition) is 6. The molecule has 0 spiro atoms. The average Bonchev–Trinajstić information content (AvgIpc) is 3.10. The molecule has 0 saturated heterocycles. The Balaban J connectivity index is 1.94. The van der Waals surface area contributed by atoms with Crippen molar-refractivity contribution in [1.29, 1.82) is 0 Å². The van der Waals surface area contributed by atoms with Crippen LogP contribution >= 0.6 is 11.8 Å². The van der Waals surface area contributed by atoms with Gasteiger partial charge in [0.05, 0.1) is 4.90 Å². The minimum Gasteiger partial charge on any atom is -0.352 e. The van der Waals surface area contributed by atoms with Crippen molar-refractivity contribution in [1.82, 2.24) is 24.8 Å². The van der Waals surface area contributed by atoms with E-state index in [1.165, 1.54) is 18.2 Å². The number of amides is 1. The molecular formula is C20H29N5O3S2. The lowest BCUT2D eigenvalue weighted by molar-refractivity contribution is 0.0953. The predicted octanol–water partition coefficient (Wildman–Crippen LogP) is 2.48. The summed E-state index contributed by atoms with van der Waals surface area (Å²) in [5.41, 5.74) is 0.295. The molecule has 2 aromatic rings. The second-order valence-corrected chi connectivity index (χ2v) is 9.68. The van der Waals surface area contributed by atoms with Gasteiger partial charge in [0.2, 0.25) is 10.0 Å². The maximum Gasteiger partial charge on any atom is 0.251 e. The van der Waals surface area contributed by atoms with Crippen LogP contribution in [-0.4, -0.2) is 48.4 Å². The number of benzene rings is 1. The molecule has 1 amide bonds. The molecule has 0 atom stereocenters. The Labute approximate surface area is 182 Å². The fourth-order valence-corrected chi connectivity index (χ4v) is 4.38. The zero-order valence-electron chi connectivity index (χ0n) is 17.6. The molecule has 8 nitrogen and oxygen atoms in total. The van der Waals surface area contributed by atoms with Crippen molar-refractivity contribution in [3.63, 3.8) is 0 Å². The molecule has 2 rings (SSSR count). The molecule has 30 heavy (non-hydrogen) atoms. The Morgan fingerprint density at radius 2 is 2.10 bits per heavy atom. The van der Waals surface area contributed by atoms with Crippen LogP contribution in [0.3, 0.4) is 0 Å². The zero-order chi connectivity index (χ0) is 22.1. The molecule has 0 saturated carbocycles. The Bertz CT molecular complexity index is 971. The highest BCUT2D eigenvalue weighted by Crippen LogP contribution is 2.17. The minimum atomic E-state index is -3.68. The lowest BCUT2D eigenvalue weighted by Gasteiger charge is -2.12. The van der Waals surface area contributed by atoms with Gasteiger partial charge in [-0.15, -0.1) is 16.8 Å². The number of nitrogens with zero attached hydrogens (tertiary/aromatic N) is 3. The van der Waals surface area contributed by atoms with Gasteiger partial charge < -0.3 is 9.88 Å². The van der Waals surface area contributed by atoms with E-state index in [4.69, 9.17) is 0 Å². The minimum absolute atomic E-state index is 0.0448. The lowest BCUT2D eigenvalue weighted by atomic mass is 10.2. The molecule has 0 bridgehead atoms. The summed E-state index contributed by atoms with van der Waals surface area (Å²) in [4.78, 5) is 12.5. The van der Waals surface area contributed by atoms with Crippen molar-refractivity contribution in [3.8, 4) is 0 Å². The molecule has 1 heterocycles. The first-order valence-corrected chi connectivity index (χ1v) is 12.4. The van der Waals surface area contributed by atoms with E-state index in [2.05, 4.69) is 45.2 Å². The van der Waals surface area contributed by atoms with Crippen LogP contribution in [0.15, 0.2) is 47.0 Å². The molecule has 0 aliphatic carbocycles. The first-order valence-electron chi connectivity index (χ1n) is 9.73. The van der Waals surface area contributed by atoms with Gasteiger partial charge >= 0.3 is 0 Å². The first kappa shape index (κ1) is 24.1. The van der Waals surface area contributed by atoms with Gasteiger partial charge in [0.1, 0.15) is 5.82 Å². The normalized spacial score (nSPS) is 11.6. The van der Waals surface area contributed by atoms with Crippen LogP contribution in [-0.2, 0) is 23.0 Å². The van der Waals surface area contributed by atoms with E-state index in [1.807, 2.05) is 6.26 Å². The van der Waals surface area contributed by atoms with Crippen LogP contribution in [0, 0.1) is 5.92 Å². The van der Waals surface area contributed by atoms with Gasteiger partial charge in [-0.1, -0.05) is 37.8 Å². The average molecular weight is 452 g/mol. The van der Waals surface area contributed by atoms with Gasteiger partial charge in [-0.05, 0) is 36.8 Å². The van der Waals surface area contributed by atoms with Crippen LogP contribution < -0.4 is 10.0 Å². The van der Waals surface area contributed by atoms with Crippen LogP contribution in [0.2, 0.25) is 0 Å². The van der Waals surface area contributed by atoms with E-state index in [0.29, 0.717) is 30.9 Å². The van der Waals surface area contributed by atoms with Crippen molar-refractivity contribution in [2.75, 3.05) is 19.3 Å². The Kier molecular flexibility index (Phi) is 9.07. The first-order chi connectivity index (χ1) is 14.3. The summed E-state index contributed by atoms with van der Waals surface area (Å²) in [5, 5.41) is 12.2. The van der Waals surface area contributed by atoms with Crippen LogP contribution in [0.1, 0.15) is 36.5 Å². The number of thioether (sulfide) groups is 1. The molecule has 164 valence electrons. The molecule has 1 aromatic heterocycles. The number of carbonyl (C=O) groups excluding carboxylic acids is 1. The lowest BCUT2D eigenvalue weighted by Crippen LogP contribution is -2.26. The fraction of sp³-hybridized carbons (Fsp3) is 0.450. The molecule has 0 unspecified atom stereocenters. The summed E-state index contributed by atoms with van der Waals surface area (Å²) in [6.07, 6.45) is 4.83. The number of nitrogens with one attached hydrogen (secondary N) is 2. The summed E-state index contributed by atoms with van der Waals surface area (Å²) < 4.78 is 28.9. The van der Waals surface area contributed by atoms with E-state index in [9.17, 15) is 13.2 Å². The highest BCUT2D eigenvalue weighted by atomic mass is 32.2. The van der Waals surface area contributed by atoms with Gasteiger partial charge in [-0.3, -0.25) is 4.79 Å². The Morgan fingerprint density at radius 3 is 2.77 bits per heavy atom. The number of sulfonamides is 1. The highest BCUT2D eigenvalue weighted by Gasteiger charge is 2.16. The third-order valence-electron chi connectivity index (χ3n) is 4.21. The zero-order valence-corrected chi connectivity index (χ0v) is 19.2. The van der Waals surface area contributed by atoms with E-state index in [-0.39, 0.29) is 17.3 Å². The number of aryl methyl sites for hydroxylation is 1. The standard InChI is InChI=1S/C20H29N5O3S2/c1-5-11-22-30(27,28)17-9-6-8-16(13-17)19(26)21-12-7-10-18-23-24-20(29-4)25(18)14-15(2)3/h5-6,8-9,13,15,22H,1,7,10-12,14H2,2-4H3,(H,21,26). The predicted molar refractivity (Wildman–Crippen MR) is 119 cm³/mol. The smallest absolute Gasteiger partial charge is 0.251 e. The van der Waals surface area contributed by atoms with Gasteiger partial charge in [0.15, 0.2) is 5.16 Å². The van der Waals surface area contributed by atoms with Crippen molar-refractivity contribution in [2.45, 2.75) is 43.3 Å². The number of carbonyl (C=O) groups is 1. The van der Waals surface area contributed by atoms with Gasteiger partial charge in [-0.25, -0.2) is 13.1 Å². The molecular weight excluding hydrogens is 422 g/mol. The second kappa shape index (κ2) is 11.3. The SMILES string of the molecule is C=CCNS(=O)(=O)c1cccc(C(=O)NCCCc2nnc(SC)n2CC(C)C)c1. The summed E-state index contributed by atoms with van der Waals surface area (Å²) >= 11 is 1.57. The van der Waals surface area contributed by atoms with E-state index < -0.39 is 10.0 Å². The third-order valence-corrected chi connectivity index (χ3v) is 6.30. The van der Waals surface area contributed by atoms with E-state index in [1.54, 1.807) is 23.9 Å². The van der Waals surface area contributed by atoms with Gasteiger partial charge in [-0.2, -0.15) is 0 Å². The molecule has 0 aliphatic rings. The molecule has 0 radical (unpaired) electrons. The van der Waals surface area contributed by atoms with E-state index in [0.717, 1.165) is 17.5 Å². The van der Waals surface area contributed by atoms with Gasteiger partial charge in [0, 0.05) is 31.6 Å². The summed E-state index contributed by atoms with van der Waals surface area (Å²) in [7, 11) is -3.68. The Hall–Kier alpha value is -2.17. The van der Waals surface area contributed by atoms with Crippen LogP contribution in [0.4, 0.5) is 0 Å². The highest BCUT2D eigenvalue weighted by molar-refractivity contribution is 7.98. The fourth-order valence-electron chi connectivity index (χ4n) is 2.81. The van der Waals surface area contributed by atoms with Crippen molar-refractivity contribution < 1.29 is 13.2 Å². The maximum atomic E-state index is 12.4. The topological polar surface area (TPSA) is 106 Å². The molecule has 0 aliphatic heterocycles. The number of aromatic nitrogens is 3. The molecule has 1 aromatic carbocycles. The number of hydrogen-bond donors (Lipinski definition) is 2. The van der Waals surface area contributed by atoms with Crippen molar-refractivity contribution in [2.24, 2.45) is 5.92 Å². The Morgan fingerprint density at radius 1 is 1.33 bits per heavy atom. The third kappa shape index (κ3) is 6.68. The largest absolute Gasteiger partial charge is 0.352 e. The molecule has 10 heteroatoms. The summed E-state index contributed by atoms with van der Waals surface area (Å²) in [5.74, 6) is 1.07. The molecule has 0 fully saturated rings. The second-order valence-electron chi connectivity index (χ2n) is 7.14. The summed E-state index contributed by atoms with van der Waals surface area (Å²) in [6.45, 7) is 9.22. The monoisotopic (exact) mass is 451 g/mol. The van der Waals surface area contributed by atoms with E-state index >= 15 is 0 Å². The van der Waals surface area contributed by atoms with Crippen molar-refractivity contribution >= 4 is 27.7 Å². The number of rotatable bonds is 12. The summed E-state index contributed by atoms with van der Waals surface area (Å²) in [6, 6.07) is 5.96. The van der Waals surface area contributed by atoms with Crippen LogP contribution in [0.25, 0.3) is 0 Å². The molecule has 2 N–H and O–H groups in total. The van der Waals surface area contributed by atoms with Crippen molar-refractivity contribution in [3.05, 3.63) is 48.3 Å². The maximum absolute atomic E-state index is 12.4.